The Hall–Kier alpha value is -2.68. The number of ether oxygens (including phenoxy) is 3. The third-order valence-electron chi connectivity index (χ3n) is 3.84. The van der Waals surface area contributed by atoms with E-state index >= 15 is 0 Å². The molecule has 0 saturated carbocycles. The number of nitriles is 1. The molecular weight excluding hydrogens is 296 g/mol. The Balaban J connectivity index is 1.52. The Morgan fingerprint density at radius 2 is 2.13 bits per heavy atom. The van der Waals surface area contributed by atoms with Crippen LogP contribution in [0.4, 0.5) is 0 Å². The Morgan fingerprint density at radius 1 is 1.30 bits per heavy atom. The summed E-state index contributed by atoms with van der Waals surface area (Å²) in [5.41, 5.74) is 1.68. The molecule has 0 aliphatic carbocycles. The lowest BCUT2D eigenvalue weighted by Crippen LogP contribution is -2.03. The maximum atomic E-state index is 9.38. The van der Waals surface area contributed by atoms with Crippen molar-refractivity contribution in [1.29, 1.82) is 5.26 Å². The molecule has 120 valence electrons. The fourth-order valence-corrected chi connectivity index (χ4v) is 2.71. The Labute approximate surface area is 134 Å². The highest BCUT2D eigenvalue weighted by Gasteiger charge is 2.20. The number of hydrogen-bond donors (Lipinski definition) is 0. The van der Waals surface area contributed by atoms with Crippen molar-refractivity contribution in [3.63, 3.8) is 0 Å². The van der Waals surface area contributed by atoms with Crippen molar-refractivity contribution in [1.82, 2.24) is 5.16 Å². The molecular formula is C17H18N2O4. The summed E-state index contributed by atoms with van der Waals surface area (Å²) in [4.78, 5) is 0. The largest absolute Gasteiger partial charge is 0.493 e. The van der Waals surface area contributed by atoms with Crippen LogP contribution in [0.25, 0.3) is 0 Å². The van der Waals surface area contributed by atoms with Gasteiger partial charge in [0.25, 0.3) is 0 Å². The van der Waals surface area contributed by atoms with E-state index in [0.29, 0.717) is 24.5 Å². The third-order valence-corrected chi connectivity index (χ3v) is 3.84. The number of rotatable bonds is 6. The second-order valence-electron chi connectivity index (χ2n) is 5.43. The van der Waals surface area contributed by atoms with Crippen molar-refractivity contribution in [2.75, 3.05) is 13.4 Å². The maximum Gasteiger partial charge on any atom is 0.231 e. The van der Waals surface area contributed by atoms with Crippen LogP contribution in [-0.4, -0.2) is 18.6 Å². The van der Waals surface area contributed by atoms with E-state index in [4.69, 9.17) is 18.7 Å². The van der Waals surface area contributed by atoms with Crippen LogP contribution < -0.4 is 14.2 Å². The zero-order valence-corrected chi connectivity index (χ0v) is 13.2. The fourth-order valence-electron chi connectivity index (χ4n) is 2.71. The average Bonchev–Trinajstić information content (AvgIpc) is 3.15. The van der Waals surface area contributed by atoms with Crippen LogP contribution in [0.5, 0.6) is 17.2 Å². The molecule has 1 aliphatic heterocycles. The number of nitrogens with zero attached hydrogens (tertiary/aromatic N) is 2. The van der Waals surface area contributed by atoms with Crippen LogP contribution >= 0.6 is 0 Å². The highest BCUT2D eigenvalue weighted by molar-refractivity contribution is 5.46. The SMILES string of the molecule is Cc1noc(C)c1C(C#N)CCCOc1ccc2c(c1)OCO2. The van der Waals surface area contributed by atoms with Gasteiger partial charge in [-0.3, -0.25) is 0 Å². The topological polar surface area (TPSA) is 77.5 Å². The predicted octanol–water partition coefficient (Wildman–Crippen LogP) is 3.49. The lowest BCUT2D eigenvalue weighted by Gasteiger charge is -2.10. The Morgan fingerprint density at radius 3 is 2.87 bits per heavy atom. The van der Waals surface area contributed by atoms with Gasteiger partial charge in [0.2, 0.25) is 6.79 Å². The zero-order valence-electron chi connectivity index (χ0n) is 13.2. The fraction of sp³-hybridized carbons (Fsp3) is 0.412. The van der Waals surface area contributed by atoms with Crippen molar-refractivity contribution in [3.8, 4) is 23.3 Å². The molecule has 0 saturated heterocycles. The monoisotopic (exact) mass is 314 g/mol. The van der Waals surface area contributed by atoms with Gasteiger partial charge in [0.1, 0.15) is 11.5 Å². The van der Waals surface area contributed by atoms with E-state index < -0.39 is 0 Å². The van der Waals surface area contributed by atoms with E-state index in [1.54, 1.807) is 0 Å². The van der Waals surface area contributed by atoms with Crippen LogP contribution in [0.15, 0.2) is 22.7 Å². The number of hydrogen-bond acceptors (Lipinski definition) is 6. The summed E-state index contributed by atoms with van der Waals surface area (Å²) in [6.45, 7) is 4.48. The zero-order chi connectivity index (χ0) is 16.2. The molecule has 6 heteroatoms. The molecule has 23 heavy (non-hydrogen) atoms. The minimum absolute atomic E-state index is 0.221. The molecule has 0 bridgehead atoms. The smallest absolute Gasteiger partial charge is 0.231 e. The van der Waals surface area contributed by atoms with Crippen LogP contribution in [0.2, 0.25) is 0 Å². The minimum Gasteiger partial charge on any atom is -0.493 e. The summed E-state index contributed by atoms with van der Waals surface area (Å²) in [6, 6.07) is 7.83. The standard InChI is InChI=1S/C17H18N2O4/c1-11-17(12(2)23-19-11)13(9-18)4-3-7-20-14-5-6-15-16(8-14)22-10-21-15/h5-6,8,13H,3-4,7,10H2,1-2H3. The molecule has 1 unspecified atom stereocenters. The van der Waals surface area contributed by atoms with Gasteiger partial charge >= 0.3 is 0 Å². The molecule has 3 rings (SSSR count). The van der Waals surface area contributed by atoms with Gasteiger partial charge in [-0.1, -0.05) is 5.16 Å². The number of aryl methyl sites for hydroxylation is 2. The first-order valence-corrected chi connectivity index (χ1v) is 7.54. The Kier molecular flexibility index (Phi) is 4.38. The van der Waals surface area contributed by atoms with Crippen LogP contribution in [0.3, 0.4) is 0 Å². The average molecular weight is 314 g/mol. The van der Waals surface area contributed by atoms with Crippen molar-refractivity contribution in [2.24, 2.45) is 0 Å². The predicted molar refractivity (Wildman–Crippen MR) is 81.6 cm³/mol. The molecule has 0 N–H and O–H groups in total. The van der Waals surface area contributed by atoms with Gasteiger partial charge in [0, 0.05) is 11.6 Å². The van der Waals surface area contributed by atoms with Crippen molar-refractivity contribution < 1.29 is 18.7 Å². The molecule has 0 fully saturated rings. The number of benzene rings is 1. The molecule has 6 nitrogen and oxygen atoms in total. The minimum atomic E-state index is -0.221. The second-order valence-corrected chi connectivity index (χ2v) is 5.43. The van der Waals surface area contributed by atoms with Gasteiger partial charge in [-0.25, -0.2) is 0 Å². The van der Waals surface area contributed by atoms with Gasteiger partial charge in [-0.15, -0.1) is 0 Å². The van der Waals surface area contributed by atoms with Gasteiger partial charge in [-0.05, 0) is 38.8 Å². The summed E-state index contributed by atoms with van der Waals surface area (Å²) in [6.07, 6.45) is 1.46. The summed E-state index contributed by atoms with van der Waals surface area (Å²) in [5.74, 6) is 2.67. The first-order chi connectivity index (χ1) is 11.2. The van der Waals surface area contributed by atoms with E-state index in [0.717, 1.165) is 29.2 Å². The van der Waals surface area contributed by atoms with Crippen LogP contribution in [0.1, 0.15) is 35.8 Å². The third kappa shape index (κ3) is 3.24. The first-order valence-electron chi connectivity index (χ1n) is 7.54. The molecule has 2 aromatic rings. The van der Waals surface area contributed by atoms with E-state index in [9.17, 15) is 5.26 Å². The lowest BCUT2D eigenvalue weighted by atomic mass is 9.94. The van der Waals surface area contributed by atoms with Gasteiger partial charge < -0.3 is 18.7 Å². The van der Waals surface area contributed by atoms with Gasteiger partial charge in [0.05, 0.1) is 24.3 Å². The molecule has 0 spiro atoms. The first kappa shape index (κ1) is 15.2. The lowest BCUT2D eigenvalue weighted by molar-refractivity contribution is 0.173. The van der Waals surface area contributed by atoms with Crippen molar-refractivity contribution >= 4 is 0 Å². The van der Waals surface area contributed by atoms with E-state index in [1.807, 2.05) is 32.0 Å². The quantitative estimate of drug-likeness (QED) is 0.760. The highest BCUT2D eigenvalue weighted by Crippen LogP contribution is 2.35. The maximum absolute atomic E-state index is 9.38. The summed E-state index contributed by atoms with van der Waals surface area (Å²) in [5, 5.41) is 13.3. The summed E-state index contributed by atoms with van der Waals surface area (Å²) >= 11 is 0. The molecule has 1 aromatic heterocycles. The molecule has 1 atom stereocenters. The van der Waals surface area contributed by atoms with Gasteiger partial charge in [-0.2, -0.15) is 5.26 Å². The molecule has 0 amide bonds. The number of fused-ring (bicyclic) bond motifs is 1. The molecule has 1 aliphatic rings. The highest BCUT2D eigenvalue weighted by atomic mass is 16.7. The molecule has 2 heterocycles. The molecule has 0 radical (unpaired) electrons. The van der Waals surface area contributed by atoms with E-state index in [2.05, 4.69) is 11.2 Å². The summed E-state index contributed by atoms with van der Waals surface area (Å²) < 4.78 is 21.4. The second kappa shape index (κ2) is 6.61. The van der Waals surface area contributed by atoms with Crippen molar-refractivity contribution in [2.45, 2.75) is 32.6 Å². The van der Waals surface area contributed by atoms with E-state index in [-0.39, 0.29) is 12.7 Å². The molecule has 1 aromatic carbocycles. The van der Waals surface area contributed by atoms with E-state index in [1.165, 1.54) is 0 Å². The Bertz CT molecular complexity index is 713. The summed E-state index contributed by atoms with van der Waals surface area (Å²) in [7, 11) is 0. The normalized spacial score (nSPS) is 13.6. The number of aromatic nitrogens is 1. The van der Waals surface area contributed by atoms with Crippen LogP contribution in [0, 0.1) is 25.2 Å². The van der Waals surface area contributed by atoms with Crippen LogP contribution in [-0.2, 0) is 0 Å². The van der Waals surface area contributed by atoms with Crippen molar-refractivity contribution in [3.05, 3.63) is 35.2 Å². The van der Waals surface area contributed by atoms with Gasteiger partial charge in [0.15, 0.2) is 11.5 Å².